The molecular formula is C18H16O8. The van der Waals surface area contributed by atoms with Gasteiger partial charge in [-0.05, 0) is 61.4 Å². The van der Waals surface area contributed by atoms with E-state index < -0.39 is 23.9 Å². The second kappa shape index (κ2) is 8.43. The maximum absolute atomic E-state index is 10.7. The van der Waals surface area contributed by atoms with Gasteiger partial charge in [0.25, 0.3) is 0 Å². The Morgan fingerprint density at radius 3 is 1.04 bits per heavy atom. The zero-order chi connectivity index (χ0) is 20.0. The fraction of sp³-hybridized carbons (Fsp3) is 0.111. The van der Waals surface area contributed by atoms with Gasteiger partial charge in [0.2, 0.25) is 0 Å². The Kier molecular flexibility index (Phi) is 6.60. The van der Waals surface area contributed by atoms with Crippen LogP contribution in [-0.2, 0) is 0 Å². The largest absolute Gasteiger partial charge is 0.478 e. The minimum atomic E-state index is -1.06. The van der Waals surface area contributed by atoms with E-state index in [1.54, 1.807) is 13.8 Å². The predicted octanol–water partition coefficient (Wildman–Crippen LogP) is 2.78. The lowest BCUT2D eigenvalue weighted by Crippen LogP contribution is -2.06. The van der Waals surface area contributed by atoms with E-state index in [1.165, 1.54) is 36.4 Å². The first-order chi connectivity index (χ1) is 12.0. The number of rotatable bonds is 4. The van der Waals surface area contributed by atoms with Gasteiger partial charge in [0.05, 0.1) is 22.3 Å². The Hall–Kier alpha value is -3.68. The Morgan fingerprint density at radius 2 is 0.846 bits per heavy atom. The van der Waals surface area contributed by atoms with Crippen molar-refractivity contribution < 1.29 is 39.6 Å². The summed E-state index contributed by atoms with van der Waals surface area (Å²) in [6, 6.07) is 7.78. The molecule has 0 saturated carbocycles. The molecule has 0 bridgehead atoms. The zero-order valence-corrected chi connectivity index (χ0v) is 13.9. The van der Waals surface area contributed by atoms with Crippen molar-refractivity contribution in [3.8, 4) is 0 Å². The quantitative estimate of drug-likeness (QED) is 0.650. The second-order valence-electron chi connectivity index (χ2n) is 5.28. The van der Waals surface area contributed by atoms with Crippen molar-refractivity contribution in [3.05, 3.63) is 69.8 Å². The van der Waals surface area contributed by atoms with Crippen LogP contribution in [0.1, 0.15) is 52.6 Å². The van der Waals surface area contributed by atoms with Crippen molar-refractivity contribution in [1.29, 1.82) is 0 Å². The lowest BCUT2D eigenvalue weighted by Gasteiger charge is -2.05. The van der Waals surface area contributed by atoms with Crippen molar-refractivity contribution in [3.63, 3.8) is 0 Å². The Balaban J connectivity index is 0.000000263. The third-order valence-electron chi connectivity index (χ3n) is 3.41. The molecular weight excluding hydrogens is 344 g/mol. The first kappa shape index (κ1) is 20.4. The monoisotopic (exact) mass is 360 g/mol. The van der Waals surface area contributed by atoms with Gasteiger partial charge in [-0.2, -0.15) is 0 Å². The van der Waals surface area contributed by atoms with Crippen molar-refractivity contribution in [2.45, 2.75) is 13.8 Å². The molecule has 8 heteroatoms. The fourth-order valence-corrected chi connectivity index (χ4v) is 2.03. The summed E-state index contributed by atoms with van der Waals surface area (Å²) in [7, 11) is 0. The van der Waals surface area contributed by atoms with E-state index >= 15 is 0 Å². The van der Waals surface area contributed by atoms with Crippen molar-refractivity contribution in [2.24, 2.45) is 0 Å². The predicted molar refractivity (Wildman–Crippen MR) is 90.2 cm³/mol. The minimum absolute atomic E-state index is 0.0833. The van der Waals surface area contributed by atoms with Gasteiger partial charge in [-0.1, -0.05) is 0 Å². The third-order valence-corrected chi connectivity index (χ3v) is 3.41. The molecule has 8 nitrogen and oxygen atoms in total. The second-order valence-corrected chi connectivity index (χ2v) is 5.28. The maximum Gasteiger partial charge on any atom is 0.335 e. The minimum Gasteiger partial charge on any atom is -0.478 e. The van der Waals surface area contributed by atoms with E-state index in [4.69, 9.17) is 20.4 Å². The van der Waals surface area contributed by atoms with E-state index in [9.17, 15) is 19.2 Å². The van der Waals surface area contributed by atoms with Crippen molar-refractivity contribution in [1.82, 2.24) is 0 Å². The van der Waals surface area contributed by atoms with Crippen LogP contribution in [0.2, 0.25) is 0 Å². The molecule has 0 aliphatic carbocycles. The van der Waals surface area contributed by atoms with Crippen LogP contribution < -0.4 is 0 Å². The number of hydrogen-bond donors (Lipinski definition) is 4. The molecule has 0 fully saturated rings. The first-order valence-corrected chi connectivity index (χ1v) is 7.19. The van der Waals surface area contributed by atoms with Crippen LogP contribution in [-0.4, -0.2) is 44.3 Å². The van der Waals surface area contributed by atoms with E-state index in [0.717, 1.165) is 0 Å². The lowest BCUT2D eigenvalue weighted by atomic mass is 10.0. The topological polar surface area (TPSA) is 149 Å². The summed E-state index contributed by atoms with van der Waals surface area (Å²) in [5, 5.41) is 34.5. The molecule has 0 heterocycles. The van der Waals surface area contributed by atoms with Crippen LogP contribution in [0.25, 0.3) is 0 Å². The summed E-state index contributed by atoms with van der Waals surface area (Å²) in [4.78, 5) is 42.1. The molecule has 0 radical (unpaired) electrons. The standard InChI is InChI=1S/C10H10O4.C8H6O4/c1-5-3-8(10(13)14)6(2)4-7(5)9(11)12;9-7(10)5-1-2-6(4-3-5)8(11)12/h3-4H,1-2H3,(H,11,12)(H,13,14);1-4H,(H,9,10)(H,11,12). The molecule has 0 aliphatic rings. The Labute approximate surface area is 148 Å². The number of carboxylic acids is 4. The molecule has 0 amide bonds. The first-order valence-electron chi connectivity index (χ1n) is 7.19. The third kappa shape index (κ3) is 5.17. The number of carbonyl (C=O) groups is 4. The highest BCUT2D eigenvalue weighted by Gasteiger charge is 2.13. The molecule has 0 aromatic heterocycles. The SMILES string of the molecule is Cc1cc(C(=O)O)c(C)cc1C(=O)O.O=C(O)c1ccc(C(=O)O)cc1. The van der Waals surface area contributed by atoms with E-state index in [2.05, 4.69) is 0 Å². The van der Waals surface area contributed by atoms with E-state index in [-0.39, 0.29) is 22.3 Å². The van der Waals surface area contributed by atoms with Gasteiger partial charge < -0.3 is 20.4 Å². The molecule has 0 spiro atoms. The van der Waals surface area contributed by atoms with E-state index in [0.29, 0.717) is 11.1 Å². The summed E-state index contributed by atoms with van der Waals surface area (Å²) < 4.78 is 0. The summed E-state index contributed by atoms with van der Waals surface area (Å²) in [5.41, 5.74) is 1.38. The molecule has 0 aliphatic heterocycles. The number of aryl methyl sites for hydroxylation is 2. The zero-order valence-electron chi connectivity index (χ0n) is 13.9. The summed E-state index contributed by atoms with van der Waals surface area (Å²) in [6.45, 7) is 3.16. The smallest absolute Gasteiger partial charge is 0.335 e. The van der Waals surface area contributed by atoms with Crippen molar-refractivity contribution >= 4 is 23.9 Å². The highest BCUT2D eigenvalue weighted by atomic mass is 16.4. The normalized spacial score (nSPS) is 9.62. The van der Waals surface area contributed by atoms with Gasteiger partial charge in [-0.3, -0.25) is 0 Å². The molecule has 0 unspecified atom stereocenters. The summed E-state index contributed by atoms with van der Waals surface area (Å²) in [5.74, 6) is -4.20. The van der Waals surface area contributed by atoms with Gasteiger partial charge in [-0.25, -0.2) is 19.2 Å². The number of aromatic carboxylic acids is 4. The van der Waals surface area contributed by atoms with Gasteiger partial charge in [0.1, 0.15) is 0 Å². The van der Waals surface area contributed by atoms with Gasteiger partial charge >= 0.3 is 23.9 Å². The van der Waals surface area contributed by atoms with E-state index in [1.807, 2.05) is 0 Å². The molecule has 4 N–H and O–H groups in total. The van der Waals surface area contributed by atoms with Crippen LogP contribution >= 0.6 is 0 Å². The molecule has 2 aromatic carbocycles. The Bertz CT molecular complexity index is 793. The van der Waals surface area contributed by atoms with Crippen LogP contribution in [0.5, 0.6) is 0 Å². The van der Waals surface area contributed by atoms with Crippen LogP contribution in [0.4, 0.5) is 0 Å². The fourth-order valence-electron chi connectivity index (χ4n) is 2.03. The summed E-state index contributed by atoms with van der Waals surface area (Å²) in [6.07, 6.45) is 0. The molecule has 136 valence electrons. The maximum atomic E-state index is 10.7. The highest BCUT2D eigenvalue weighted by molar-refractivity contribution is 5.94. The molecule has 2 aromatic rings. The van der Waals surface area contributed by atoms with Gasteiger partial charge in [-0.15, -0.1) is 0 Å². The van der Waals surface area contributed by atoms with Gasteiger partial charge in [0.15, 0.2) is 0 Å². The van der Waals surface area contributed by atoms with Gasteiger partial charge in [0, 0.05) is 0 Å². The molecule has 2 rings (SSSR count). The van der Waals surface area contributed by atoms with Crippen LogP contribution in [0.15, 0.2) is 36.4 Å². The van der Waals surface area contributed by atoms with Crippen molar-refractivity contribution in [2.75, 3.05) is 0 Å². The van der Waals surface area contributed by atoms with Crippen LogP contribution in [0, 0.1) is 13.8 Å². The van der Waals surface area contributed by atoms with Crippen LogP contribution in [0.3, 0.4) is 0 Å². The average molecular weight is 360 g/mol. The average Bonchev–Trinajstić information content (AvgIpc) is 2.56. The molecule has 26 heavy (non-hydrogen) atoms. The lowest BCUT2D eigenvalue weighted by molar-refractivity contribution is 0.0679. The summed E-state index contributed by atoms with van der Waals surface area (Å²) >= 11 is 0. The number of hydrogen-bond acceptors (Lipinski definition) is 4. The number of carboxylic acid groups (broad SMARTS) is 4. The highest BCUT2D eigenvalue weighted by Crippen LogP contribution is 2.16. The number of benzene rings is 2. The molecule has 0 saturated heterocycles. The Morgan fingerprint density at radius 1 is 0.577 bits per heavy atom. The molecule has 0 atom stereocenters.